The maximum Gasteiger partial charge on any atom is 0.148 e. The maximum absolute atomic E-state index is 12.5. The molecule has 0 N–H and O–H groups in total. The molecular formula is C9H6F2O. The lowest BCUT2D eigenvalue weighted by atomic mass is 10.3. The standard InChI is InChI=1S/C9H6F2O/c1-2-3-12-9-5-7(10)4-8(11)6-9/h1,4-6H,3H2. The molecule has 12 heavy (non-hydrogen) atoms. The minimum absolute atomic E-state index is 0.00287. The highest BCUT2D eigenvalue weighted by atomic mass is 19.1. The zero-order valence-electron chi connectivity index (χ0n) is 6.18. The highest BCUT2D eigenvalue weighted by Gasteiger charge is 1.99. The van der Waals surface area contributed by atoms with Crippen LogP contribution in [0.4, 0.5) is 8.78 Å². The number of terminal acetylenes is 1. The number of hydrogen-bond acceptors (Lipinski definition) is 1. The van der Waals surface area contributed by atoms with E-state index in [-0.39, 0.29) is 12.4 Å². The lowest BCUT2D eigenvalue weighted by Gasteiger charge is -2.01. The fourth-order valence-electron chi connectivity index (χ4n) is 0.737. The first-order valence-corrected chi connectivity index (χ1v) is 3.25. The maximum atomic E-state index is 12.5. The van der Waals surface area contributed by atoms with E-state index in [0.29, 0.717) is 0 Å². The quantitative estimate of drug-likeness (QED) is 0.613. The van der Waals surface area contributed by atoms with Crippen LogP contribution in [0.2, 0.25) is 0 Å². The van der Waals surface area contributed by atoms with E-state index in [4.69, 9.17) is 11.2 Å². The average molecular weight is 168 g/mol. The number of ether oxygens (including phenoxy) is 1. The first-order valence-electron chi connectivity index (χ1n) is 3.25. The Hall–Kier alpha value is -1.56. The van der Waals surface area contributed by atoms with Gasteiger partial charge in [-0.05, 0) is 0 Å². The minimum atomic E-state index is -0.679. The minimum Gasteiger partial charge on any atom is -0.481 e. The van der Waals surface area contributed by atoms with Crippen LogP contribution in [-0.4, -0.2) is 6.61 Å². The van der Waals surface area contributed by atoms with Gasteiger partial charge in [0.25, 0.3) is 0 Å². The molecule has 1 nitrogen and oxygen atoms in total. The lowest BCUT2D eigenvalue weighted by molar-refractivity contribution is 0.365. The molecule has 0 aliphatic rings. The summed E-state index contributed by atoms with van der Waals surface area (Å²) >= 11 is 0. The molecule has 1 rings (SSSR count). The van der Waals surface area contributed by atoms with Gasteiger partial charge in [-0.2, -0.15) is 0 Å². The summed E-state index contributed by atoms with van der Waals surface area (Å²) in [5.41, 5.74) is 0. The first kappa shape index (κ1) is 8.54. The van der Waals surface area contributed by atoms with Gasteiger partial charge in [0.1, 0.15) is 24.0 Å². The van der Waals surface area contributed by atoms with Crippen molar-refractivity contribution in [2.75, 3.05) is 6.61 Å². The van der Waals surface area contributed by atoms with Crippen molar-refractivity contribution in [2.45, 2.75) is 0 Å². The van der Waals surface area contributed by atoms with Gasteiger partial charge < -0.3 is 4.74 Å². The summed E-state index contributed by atoms with van der Waals surface area (Å²) in [5, 5.41) is 0. The van der Waals surface area contributed by atoms with Gasteiger partial charge in [-0.15, -0.1) is 6.42 Å². The van der Waals surface area contributed by atoms with Crippen molar-refractivity contribution in [1.82, 2.24) is 0 Å². The van der Waals surface area contributed by atoms with Gasteiger partial charge in [0, 0.05) is 18.2 Å². The van der Waals surface area contributed by atoms with E-state index in [1.165, 1.54) is 0 Å². The van der Waals surface area contributed by atoms with E-state index in [0.717, 1.165) is 18.2 Å². The van der Waals surface area contributed by atoms with E-state index in [9.17, 15) is 8.78 Å². The molecule has 0 bridgehead atoms. The van der Waals surface area contributed by atoms with Crippen LogP contribution < -0.4 is 4.74 Å². The Bertz CT molecular complexity index is 295. The van der Waals surface area contributed by atoms with E-state index in [1.807, 2.05) is 0 Å². The van der Waals surface area contributed by atoms with Crippen LogP contribution in [-0.2, 0) is 0 Å². The summed E-state index contributed by atoms with van der Waals surface area (Å²) in [7, 11) is 0. The third-order valence-corrected chi connectivity index (χ3v) is 1.16. The molecule has 3 heteroatoms. The largest absolute Gasteiger partial charge is 0.481 e. The summed E-state index contributed by atoms with van der Waals surface area (Å²) in [6.45, 7) is 0.00287. The SMILES string of the molecule is C#CCOc1cc(F)cc(F)c1. The molecule has 0 amide bonds. The van der Waals surface area contributed by atoms with E-state index in [1.54, 1.807) is 0 Å². The van der Waals surface area contributed by atoms with Crippen molar-refractivity contribution in [3.63, 3.8) is 0 Å². The summed E-state index contributed by atoms with van der Waals surface area (Å²) in [5.74, 6) is 0.933. The van der Waals surface area contributed by atoms with Gasteiger partial charge in [-0.25, -0.2) is 8.78 Å². The average Bonchev–Trinajstić information content (AvgIpc) is 1.99. The predicted octanol–water partition coefficient (Wildman–Crippen LogP) is 1.98. The van der Waals surface area contributed by atoms with Crippen LogP contribution in [0.25, 0.3) is 0 Å². The number of rotatable bonds is 2. The molecular weight excluding hydrogens is 162 g/mol. The molecule has 0 aromatic heterocycles. The predicted molar refractivity (Wildman–Crippen MR) is 40.7 cm³/mol. The van der Waals surface area contributed by atoms with Crippen LogP contribution in [0, 0.1) is 24.0 Å². The molecule has 0 spiro atoms. The third kappa shape index (κ3) is 2.24. The molecule has 0 heterocycles. The number of hydrogen-bond donors (Lipinski definition) is 0. The third-order valence-electron chi connectivity index (χ3n) is 1.16. The van der Waals surface area contributed by atoms with Crippen LogP contribution in [0.1, 0.15) is 0 Å². The Morgan fingerprint density at radius 2 is 1.83 bits per heavy atom. The molecule has 0 radical (unpaired) electrons. The molecule has 0 unspecified atom stereocenters. The summed E-state index contributed by atoms with van der Waals surface area (Å²) in [6, 6.07) is 2.91. The molecule has 0 saturated carbocycles. The first-order chi connectivity index (χ1) is 5.72. The van der Waals surface area contributed by atoms with Crippen molar-refractivity contribution < 1.29 is 13.5 Å². The molecule has 0 aliphatic carbocycles. The highest BCUT2D eigenvalue weighted by molar-refractivity contribution is 5.24. The van der Waals surface area contributed by atoms with Crippen LogP contribution >= 0.6 is 0 Å². The fraction of sp³-hybridized carbons (Fsp3) is 0.111. The van der Waals surface area contributed by atoms with Crippen molar-refractivity contribution in [2.24, 2.45) is 0 Å². The second-order valence-corrected chi connectivity index (χ2v) is 2.10. The lowest BCUT2D eigenvalue weighted by Crippen LogP contribution is -1.94. The fourth-order valence-corrected chi connectivity index (χ4v) is 0.737. The van der Waals surface area contributed by atoms with Crippen molar-refractivity contribution >= 4 is 0 Å². The van der Waals surface area contributed by atoms with E-state index < -0.39 is 11.6 Å². The molecule has 0 saturated heterocycles. The van der Waals surface area contributed by atoms with E-state index >= 15 is 0 Å². The molecule has 62 valence electrons. The molecule has 0 aliphatic heterocycles. The van der Waals surface area contributed by atoms with Crippen LogP contribution in [0.3, 0.4) is 0 Å². The molecule has 1 aromatic rings. The van der Waals surface area contributed by atoms with Crippen molar-refractivity contribution in [3.8, 4) is 18.1 Å². The van der Waals surface area contributed by atoms with Gasteiger partial charge in [0.2, 0.25) is 0 Å². The van der Waals surface area contributed by atoms with Gasteiger partial charge >= 0.3 is 0 Å². The normalized spacial score (nSPS) is 9.08. The second-order valence-electron chi connectivity index (χ2n) is 2.10. The molecule has 0 fully saturated rings. The zero-order chi connectivity index (χ0) is 8.97. The van der Waals surface area contributed by atoms with Crippen LogP contribution in [0.5, 0.6) is 5.75 Å². The number of benzene rings is 1. The van der Waals surface area contributed by atoms with Crippen molar-refractivity contribution in [1.29, 1.82) is 0 Å². The van der Waals surface area contributed by atoms with Gasteiger partial charge in [-0.1, -0.05) is 5.92 Å². The molecule has 1 aromatic carbocycles. The van der Waals surface area contributed by atoms with Gasteiger partial charge in [-0.3, -0.25) is 0 Å². The molecule has 0 atom stereocenters. The number of halogens is 2. The second kappa shape index (κ2) is 3.72. The van der Waals surface area contributed by atoms with Crippen molar-refractivity contribution in [3.05, 3.63) is 29.8 Å². The topological polar surface area (TPSA) is 9.23 Å². The smallest absolute Gasteiger partial charge is 0.148 e. The Labute approximate surface area is 69.0 Å². The van der Waals surface area contributed by atoms with Gasteiger partial charge in [0.05, 0.1) is 0 Å². The summed E-state index contributed by atoms with van der Waals surface area (Å²) in [6.07, 6.45) is 4.89. The zero-order valence-corrected chi connectivity index (χ0v) is 6.18. The van der Waals surface area contributed by atoms with Crippen LogP contribution in [0.15, 0.2) is 18.2 Å². The highest BCUT2D eigenvalue weighted by Crippen LogP contribution is 2.14. The Balaban J connectivity index is 2.80. The monoisotopic (exact) mass is 168 g/mol. The summed E-state index contributed by atoms with van der Waals surface area (Å²) in [4.78, 5) is 0. The Morgan fingerprint density at radius 3 is 2.33 bits per heavy atom. The van der Waals surface area contributed by atoms with E-state index in [2.05, 4.69) is 5.92 Å². The van der Waals surface area contributed by atoms with Gasteiger partial charge in [0.15, 0.2) is 0 Å². The summed E-state index contributed by atoms with van der Waals surface area (Å²) < 4.78 is 29.8. The Morgan fingerprint density at radius 1 is 1.25 bits per heavy atom. The Kier molecular flexibility index (Phi) is 2.65.